The number of rotatable bonds is 5. The van der Waals surface area contributed by atoms with Crippen molar-refractivity contribution < 1.29 is 9.84 Å². The number of hydrogen-bond acceptors (Lipinski definition) is 5. The van der Waals surface area contributed by atoms with E-state index in [1.807, 2.05) is 11.9 Å². The molecule has 1 rings (SSSR count). The molecule has 5 nitrogen and oxygen atoms in total. The molecule has 1 unspecified atom stereocenters. The van der Waals surface area contributed by atoms with Gasteiger partial charge in [0.15, 0.2) is 0 Å². The summed E-state index contributed by atoms with van der Waals surface area (Å²) >= 11 is 3.38. The van der Waals surface area contributed by atoms with Crippen molar-refractivity contribution in [3.05, 3.63) is 16.9 Å². The molecule has 0 bridgehead atoms. The standard InChI is InChI=1S/C10H16BrN3O2/c1-14(5-7(15)6-16-2)10-8(11)3-13-4-9(10)12/h3-4,7,15H,5-6,12H2,1-2H3. The second-order valence-electron chi connectivity index (χ2n) is 3.55. The Hall–Kier alpha value is -0.850. The van der Waals surface area contributed by atoms with Crippen molar-refractivity contribution in [2.75, 3.05) is 37.9 Å². The van der Waals surface area contributed by atoms with E-state index in [2.05, 4.69) is 20.9 Å². The number of anilines is 2. The fraction of sp³-hybridized carbons (Fsp3) is 0.500. The van der Waals surface area contributed by atoms with Crippen LogP contribution >= 0.6 is 15.9 Å². The summed E-state index contributed by atoms with van der Waals surface area (Å²) in [6.45, 7) is 0.744. The molecular weight excluding hydrogens is 274 g/mol. The number of likely N-dealkylation sites (N-methyl/N-ethyl adjacent to an activating group) is 1. The Morgan fingerprint density at radius 3 is 2.88 bits per heavy atom. The fourth-order valence-corrected chi connectivity index (χ4v) is 2.15. The van der Waals surface area contributed by atoms with Crippen LogP contribution in [-0.4, -0.2) is 43.5 Å². The predicted octanol–water partition coefficient (Wildman–Crippen LogP) is 0.870. The van der Waals surface area contributed by atoms with Gasteiger partial charge in [0.05, 0.1) is 34.8 Å². The van der Waals surface area contributed by atoms with E-state index in [4.69, 9.17) is 10.5 Å². The van der Waals surface area contributed by atoms with Crippen LogP contribution in [0.15, 0.2) is 16.9 Å². The monoisotopic (exact) mass is 289 g/mol. The molecular formula is C10H16BrN3O2. The lowest BCUT2D eigenvalue weighted by molar-refractivity contribution is 0.0695. The van der Waals surface area contributed by atoms with E-state index in [9.17, 15) is 5.11 Å². The lowest BCUT2D eigenvalue weighted by atomic mass is 10.3. The van der Waals surface area contributed by atoms with Gasteiger partial charge >= 0.3 is 0 Å². The summed E-state index contributed by atoms with van der Waals surface area (Å²) in [6, 6.07) is 0. The summed E-state index contributed by atoms with van der Waals surface area (Å²) in [5.41, 5.74) is 7.22. The third kappa shape index (κ3) is 3.33. The predicted molar refractivity (Wildman–Crippen MR) is 67.5 cm³/mol. The number of pyridine rings is 1. The first kappa shape index (κ1) is 13.2. The average Bonchev–Trinajstić information content (AvgIpc) is 2.17. The van der Waals surface area contributed by atoms with Gasteiger partial charge in [-0.1, -0.05) is 0 Å². The fourth-order valence-electron chi connectivity index (χ4n) is 1.50. The molecule has 1 aromatic heterocycles. The van der Waals surface area contributed by atoms with Gasteiger partial charge in [0, 0.05) is 26.9 Å². The van der Waals surface area contributed by atoms with Gasteiger partial charge < -0.3 is 20.5 Å². The summed E-state index contributed by atoms with van der Waals surface area (Å²) in [4.78, 5) is 5.82. The van der Waals surface area contributed by atoms with Crippen LogP contribution in [0.2, 0.25) is 0 Å². The molecule has 0 aliphatic carbocycles. The summed E-state index contributed by atoms with van der Waals surface area (Å²) in [6.07, 6.45) is 2.71. The van der Waals surface area contributed by atoms with Gasteiger partial charge in [-0.15, -0.1) is 0 Å². The maximum Gasteiger partial charge on any atom is 0.0947 e. The van der Waals surface area contributed by atoms with E-state index < -0.39 is 6.10 Å². The van der Waals surface area contributed by atoms with Crippen molar-refractivity contribution in [3.8, 4) is 0 Å². The number of halogens is 1. The van der Waals surface area contributed by atoms with Gasteiger partial charge in [-0.05, 0) is 15.9 Å². The van der Waals surface area contributed by atoms with E-state index >= 15 is 0 Å². The van der Waals surface area contributed by atoms with Crippen LogP contribution in [0, 0.1) is 0 Å². The number of aromatic nitrogens is 1. The number of nitrogens with zero attached hydrogens (tertiary/aromatic N) is 2. The Kier molecular flexibility index (Phi) is 4.98. The molecule has 1 aromatic rings. The first-order valence-electron chi connectivity index (χ1n) is 4.83. The Bertz CT molecular complexity index is 329. The number of nitrogens with two attached hydrogens (primary N) is 1. The van der Waals surface area contributed by atoms with Crippen molar-refractivity contribution in [1.29, 1.82) is 0 Å². The van der Waals surface area contributed by atoms with E-state index in [1.54, 1.807) is 19.5 Å². The summed E-state index contributed by atoms with van der Waals surface area (Å²) in [5, 5.41) is 9.62. The van der Waals surface area contributed by atoms with E-state index in [0.29, 0.717) is 18.8 Å². The van der Waals surface area contributed by atoms with E-state index in [-0.39, 0.29) is 0 Å². The van der Waals surface area contributed by atoms with Crippen LogP contribution in [0.25, 0.3) is 0 Å². The summed E-state index contributed by atoms with van der Waals surface area (Å²) in [7, 11) is 3.41. The number of aliphatic hydroxyl groups is 1. The molecule has 0 aliphatic rings. The molecule has 0 saturated carbocycles. The van der Waals surface area contributed by atoms with Crippen molar-refractivity contribution in [1.82, 2.24) is 4.98 Å². The van der Waals surface area contributed by atoms with Crippen LogP contribution in [0.3, 0.4) is 0 Å². The van der Waals surface area contributed by atoms with Crippen molar-refractivity contribution in [2.24, 2.45) is 0 Å². The molecule has 3 N–H and O–H groups in total. The van der Waals surface area contributed by atoms with Crippen LogP contribution in [0.4, 0.5) is 11.4 Å². The zero-order valence-electron chi connectivity index (χ0n) is 9.35. The minimum absolute atomic E-state index is 0.299. The molecule has 0 fully saturated rings. The van der Waals surface area contributed by atoms with Crippen molar-refractivity contribution in [2.45, 2.75) is 6.10 Å². The molecule has 16 heavy (non-hydrogen) atoms. The molecule has 0 spiro atoms. The normalized spacial score (nSPS) is 12.5. The molecule has 90 valence electrons. The summed E-state index contributed by atoms with van der Waals surface area (Å²) < 4.78 is 5.67. The topological polar surface area (TPSA) is 71.6 Å². The highest BCUT2D eigenvalue weighted by Crippen LogP contribution is 2.30. The summed E-state index contributed by atoms with van der Waals surface area (Å²) in [5.74, 6) is 0. The molecule has 1 atom stereocenters. The van der Waals surface area contributed by atoms with Gasteiger partial charge in [-0.25, -0.2) is 0 Å². The molecule has 0 radical (unpaired) electrons. The number of ether oxygens (including phenoxy) is 1. The smallest absolute Gasteiger partial charge is 0.0947 e. The first-order chi connectivity index (χ1) is 7.56. The van der Waals surface area contributed by atoms with Crippen LogP contribution in [0.5, 0.6) is 0 Å². The van der Waals surface area contributed by atoms with Crippen LogP contribution in [0.1, 0.15) is 0 Å². The molecule has 0 aromatic carbocycles. The number of methoxy groups -OCH3 is 1. The van der Waals surface area contributed by atoms with Gasteiger partial charge in [0.2, 0.25) is 0 Å². The second-order valence-corrected chi connectivity index (χ2v) is 4.40. The van der Waals surface area contributed by atoms with E-state index in [1.165, 1.54) is 0 Å². The SMILES string of the molecule is COCC(O)CN(C)c1c(N)cncc1Br. The van der Waals surface area contributed by atoms with Crippen LogP contribution in [-0.2, 0) is 4.74 Å². The molecule has 6 heteroatoms. The third-order valence-electron chi connectivity index (χ3n) is 2.13. The van der Waals surface area contributed by atoms with Gasteiger partial charge in [0.1, 0.15) is 0 Å². The Balaban J connectivity index is 2.76. The maximum atomic E-state index is 9.62. The minimum atomic E-state index is -0.547. The maximum absolute atomic E-state index is 9.62. The third-order valence-corrected chi connectivity index (χ3v) is 2.71. The van der Waals surface area contributed by atoms with Gasteiger partial charge in [-0.2, -0.15) is 0 Å². The Morgan fingerprint density at radius 2 is 2.31 bits per heavy atom. The lowest BCUT2D eigenvalue weighted by Crippen LogP contribution is -2.32. The Labute approximate surface area is 103 Å². The highest BCUT2D eigenvalue weighted by atomic mass is 79.9. The first-order valence-corrected chi connectivity index (χ1v) is 5.62. The Morgan fingerprint density at radius 1 is 1.62 bits per heavy atom. The highest BCUT2D eigenvalue weighted by molar-refractivity contribution is 9.10. The highest BCUT2D eigenvalue weighted by Gasteiger charge is 2.13. The average molecular weight is 290 g/mol. The molecule has 0 amide bonds. The largest absolute Gasteiger partial charge is 0.396 e. The van der Waals surface area contributed by atoms with Crippen molar-refractivity contribution in [3.63, 3.8) is 0 Å². The van der Waals surface area contributed by atoms with E-state index in [0.717, 1.165) is 10.2 Å². The zero-order valence-corrected chi connectivity index (χ0v) is 10.9. The lowest BCUT2D eigenvalue weighted by Gasteiger charge is -2.24. The minimum Gasteiger partial charge on any atom is -0.396 e. The van der Waals surface area contributed by atoms with Gasteiger partial charge in [0.25, 0.3) is 0 Å². The molecule has 1 heterocycles. The quantitative estimate of drug-likeness (QED) is 0.842. The zero-order chi connectivity index (χ0) is 12.1. The number of hydrogen-bond donors (Lipinski definition) is 2. The molecule has 0 saturated heterocycles. The second kappa shape index (κ2) is 6.03. The molecule has 0 aliphatic heterocycles. The number of nitrogen functional groups attached to an aromatic ring is 1. The number of aliphatic hydroxyl groups excluding tert-OH is 1. The van der Waals surface area contributed by atoms with Crippen LogP contribution < -0.4 is 10.6 Å². The van der Waals surface area contributed by atoms with Gasteiger partial charge in [-0.3, -0.25) is 4.98 Å². The van der Waals surface area contributed by atoms with Crippen molar-refractivity contribution >= 4 is 27.3 Å².